The average molecular weight is 213 g/mol. The number of nitrogens with two attached hydrogens (primary N) is 1. The minimum Gasteiger partial charge on any atom is -0.383 e. The Morgan fingerprint density at radius 2 is 2.31 bits per heavy atom. The highest BCUT2D eigenvalue weighted by atomic mass is 15.3. The standard InChI is InChI=1S/C11H11N5/c1-2-16-7-9(6-14-16)10-4-3-8(5-12)11(13)15-10/h3-4,6-7H,2H2,1H3,(H2,13,15). The Balaban J connectivity index is 2.42. The molecule has 0 bridgehead atoms. The van der Waals surface area contributed by atoms with Gasteiger partial charge >= 0.3 is 0 Å². The number of anilines is 1. The molecule has 16 heavy (non-hydrogen) atoms. The van der Waals surface area contributed by atoms with Crippen LogP contribution in [0.25, 0.3) is 11.3 Å². The van der Waals surface area contributed by atoms with Gasteiger partial charge in [0.2, 0.25) is 0 Å². The maximum Gasteiger partial charge on any atom is 0.142 e. The van der Waals surface area contributed by atoms with E-state index in [0.29, 0.717) is 5.56 Å². The van der Waals surface area contributed by atoms with Crippen LogP contribution in [0.3, 0.4) is 0 Å². The summed E-state index contributed by atoms with van der Waals surface area (Å²) >= 11 is 0. The summed E-state index contributed by atoms with van der Waals surface area (Å²) in [6.07, 6.45) is 3.63. The molecule has 0 fully saturated rings. The number of aromatic nitrogens is 3. The van der Waals surface area contributed by atoms with E-state index in [2.05, 4.69) is 10.1 Å². The van der Waals surface area contributed by atoms with E-state index in [1.165, 1.54) is 0 Å². The summed E-state index contributed by atoms with van der Waals surface area (Å²) in [5.41, 5.74) is 7.68. The molecule has 0 unspecified atom stereocenters. The van der Waals surface area contributed by atoms with Gasteiger partial charge < -0.3 is 5.73 Å². The van der Waals surface area contributed by atoms with E-state index in [4.69, 9.17) is 11.0 Å². The molecule has 0 aliphatic rings. The average Bonchev–Trinajstić information content (AvgIpc) is 2.77. The van der Waals surface area contributed by atoms with E-state index >= 15 is 0 Å². The predicted octanol–water partition coefficient (Wildman–Crippen LogP) is 1.42. The second-order valence-electron chi connectivity index (χ2n) is 3.33. The van der Waals surface area contributed by atoms with Gasteiger partial charge in [0.05, 0.1) is 17.5 Å². The fourth-order valence-corrected chi connectivity index (χ4v) is 1.40. The summed E-state index contributed by atoms with van der Waals surface area (Å²) in [6, 6.07) is 5.42. The van der Waals surface area contributed by atoms with Crippen molar-refractivity contribution in [3.63, 3.8) is 0 Å². The number of hydrogen-bond acceptors (Lipinski definition) is 4. The Bertz CT molecular complexity index is 550. The third kappa shape index (κ3) is 1.73. The molecule has 0 aromatic carbocycles. The lowest BCUT2D eigenvalue weighted by Gasteiger charge is -1.99. The largest absolute Gasteiger partial charge is 0.383 e. The smallest absolute Gasteiger partial charge is 0.142 e. The van der Waals surface area contributed by atoms with Crippen molar-refractivity contribution < 1.29 is 0 Å². The molecule has 5 heteroatoms. The van der Waals surface area contributed by atoms with Gasteiger partial charge in [-0.1, -0.05) is 0 Å². The molecule has 0 saturated carbocycles. The summed E-state index contributed by atoms with van der Waals surface area (Å²) in [5, 5.41) is 12.9. The van der Waals surface area contributed by atoms with Crippen LogP contribution in [0.1, 0.15) is 12.5 Å². The van der Waals surface area contributed by atoms with Gasteiger partial charge in [-0.3, -0.25) is 4.68 Å². The molecule has 0 spiro atoms. The molecular weight excluding hydrogens is 202 g/mol. The Kier molecular flexibility index (Phi) is 2.56. The van der Waals surface area contributed by atoms with Crippen LogP contribution in [0, 0.1) is 11.3 Å². The number of nitriles is 1. The van der Waals surface area contributed by atoms with Crippen molar-refractivity contribution in [2.45, 2.75) is 13.5 Å². The van der Waals surface area contributed by atoms with Crippen molar-refractivity contribution in [3.05, 3.63) is 30.1 Å². The molecule has 0 saturated heterocycles. The Hall–Kier alpha value is -2.35. The minimum atomic E-state index is 0.254. The highest BCUT2D eigenvalue weighted by molar-refractivity contribution is 5.62. The van der Waals surface area contributed by atoms with Gasteiger partial charge in [0.15, 0.2) is 0 Å². The van der Waals surface area contributed by atoms with Gasteiger partial charge in [0.1, 0.15) is 11.9 Å². The van der Waals surface area contributed by atoms with Crippen molar-refractivity contribution >= 4 is 5.82 Å². The molecular formula is C11H11N5. The Morgan fingerprint density at radius 1 is 1.50 bits per heavy atom. The van der Waals surface area contributed by atoms with Gasteiger partial charge in [-0.05, 0) is 19.1 Å². The lowest BCUT2D eigenvalue weighted by atomic mass is 10.2. The van der Waals surface area contributed by atoms with Gasteiger partial charge in [-0.25, -0.2) is 4.98 Å². The summed E-state index contributed by atoms with van der Waals surface area (Å²) in [5.74, 6) is 0.254. The third-order valence-corrected chi connectivity index (χ3v) is 2.30. The van der Waals surface area contributed by atoms with Crippen molar-refractivity contribution in [2.75, 3.05) is 5.73 Å². The van der Waals surface area contributed by atoms with Gasteiger partial charge in [0, 0.05) is 18.3 Å². The SMILES string of the molecule is CCn1cc(-c2ccc(C#N)c(N)n2)cn1. The number of rotatable bonds is 2. The van der Waals surface area contributed by atoms with Gasteiger partial charge in [-0.15, -0.1) is 0 Å². The van der Waals surface area contributed by atoms with Crippen LogP contribution in [0.15, 0.2) is 24.5 Å². The molecule has 80 valence electrons. The van der Waals surface area contributed by atoms with Crippen LogP contribution in [-0.4, -0.2) is 14.8 Å². The topological polar surface area (TPSA) is 80.5 Å². The van der Waals surface area contributed by atoms with Crippen LogP contribution in [0.4, 0.5) is 5.82 Å². The molecule has 2 N–H and O–H groups in total. The van der Waals surface area contributed by atoms with E-state index in [1.54, 1.807) is 18.3 Å². The molecule has 0 radical (unpaired) electrons. The molecule has 0 atom stereocenters. The van der Waals surface area contributed by atoms with Crippen molar-refractivity contribution in [1.29, 1.82) is 5.26 Å². The highest BCUT2D eigenvalue weighted by Crippen LogP contribution is 2.19. The second kappa shape index (κ2) is 4.03. The quantitative estimate of drug-likeness (QED) is 0.818. The van der Waals surface area contributed by atoms with Crippen molar-refractivity contribution in [1.82, 2.24) is 14.8 Å². The first-order valence-electron chi connectivity index (χ1n) is 4.94. The summed E-state index contributed by atoms with van der Waals surface area (Å²) in [7, 11) is 0. The normalized spacial score (nSPS) is 10.0. The third-order valence-electron chi connectivity index (χ3n) is 2.30. The lowest BCUT2D eigenvalue weighted by Crippen LogP contribution is -1.96. The molecule has 0 aliphatic heterocycles. The van der Waals surface area contributed by atoms with Crippen LogP contribution in [0.5, 0.6) is 0 Å². The van der Waals surface area contributed by atoms with E-state index in [-0.39, 0.29) is 5.82 Å². The van der Waals surface area contributed by atoms with Crippen molar-refractivity contribution in [2.24, 2.45) is 0 Å². The Labute approximate surface area is 93.1 Å². The first-order valence-corrected chi connectivity index (χ1v) is 4.94. The number of nitrogen functional groups attached to an aromatic ring is 1. The molecule has 2 aromatic rings. The van der Waals surface area contributed by atoms with E-state index in [0.717, 1.165) is 17.8 Å². The van der Waals surface area contributed by atoms with Crippen molar-refractivity contribution in [3.8, 4) is 17.3 Å². The van der Waals surface area contributed by atoms with E-state index in [9.17, 15) is 0 Å². The van der Waals surface area contributed by atoms with Crippen LogP contribution >= 0.6 is 0 Å². The number of pyridine rings is 1. The number of aryl methyl sites for hydroxylation is 1. The fourth-order valence-electron chi connectivity index (χ4n) is 1.40. The molecule has 0 amide bonds. The van der Waals surface area contributed by atoms with E-state index < -0.39 is 0 Å². The molecule has 2 aromatic heterocycles. The van der Waals surface area contributed by atoms with Gasteiger partial charge in [-0.2, -0.15) is 10.4 Å². The summed E-state index contributed by atoms with van der Waals surface area (Å²) in [4.78, 5) is 4.16. The minimum absolute atomic E-state index is 0.254. The van der Waals surface area contributed by atoms with Gasteiger partial charge in [0.25, 0.3) is 0 Å². The number of hydrogen-bond donors (Lipinski definition) is 1. The molecule has 2 rings (SSSR count). The maximum atomic E-state index is 8.74. The zero-order valence-corrected chi connectivity index (χ0v) is 8.88. The second-order valence-corrected chi connectivity index (χ2v) is 3.33. The zero-order valence-electron chi connectivity index (χ0n) is 8.88. The monoisotopic (exact) mass is 213 g/mol. The Morgan fingerprint density at radius 3 is 2.88 bits per heavy atom. The molecule has 2 heterocycles. The summed E-state index contributed by atoms with van der Waals surface area (Å²) in [6.45, 7) is 2.82. The zero-order chi connectivity index (χ0) is 11.5. The van der Waals surface area contributed by atoms with Crippen LogP contribution in [0.2, 0.25) is 0 Å². The maximum absolute atomic E-state index is 8.74. The summed E-state index contributed by atoms with van der Waals surface area (Å²) < 4.78 is 1.81. The van der Waals surface area contributed by atoms with Crippen LogP contribution < -0.4 is 5.73 Å². The lowest BCUT2D eigenvalue weighted by molar-refractivity contribution is 0.660. The molecule has 5 nitrogen and oxygen atoms in total. The first kappa shape index (κ1) is 10.2. The molecule has 0 aliphatic carbocycles. The predicted molar refractivity (Wildman–Crippen MR) is 60.3 cm³/mol. The number of nitrogens with zero attached hydrogens (tertiary/aromatic N) is 4. The van der Waals surface area contributed by atoms with Crippen LogP contribution in [-0.2, 0) is 6.54 Å². The fraction of sp³-hybridized carbons (Fsp3) is 0.182. The first-order chi connectivity index (χ1) is 7.74. The highest BCUT2D eigenvalue weighted by Gasteiger charge is 2.05. The van der Waals surface area contributed by atoms with E-state index in [1.807, 2.05) is 23.9 Å².